The molecule has 0 fully saturated rings. The van der Waals surface area contributed by atoms with E-state index >= 15 is 0 Å². The number of ether oxygens (including phenoxy) is 1. The highest BCUT2D eigenvalue weighted by Crippen LogP contribution is 2.36. The van der Waals surface area contributed by atoms with Crippen LogP contribution in [0.25, 0.3) is 32.7 Å². The smallest absolute Gasteiger partial charge is 0.407 e. The molecule has 0 aromatic heterocycles. The summed E-state index contributed by atoms with van der Waals surface area (Å²) in [5, 5.41) is 24.7. The van der Waals surface area contributed by atoms with E-state index in [-0.39, 0.29) is 25.8 Å². The van der Waals surface area contributed by atoms with Crippen molar-refractivity contribution in [2.45, 2.75) is 83.5 Å². The van der Waals surface area contributed by atoms with Gasteiger partial charge in [0.2, 0.25) is 17.7 Å². The summed E-state index contributed by atoms with van der Waals surface area (Å²) in [6.45, 7) is 10.4. The van der Waals surface area contributed by atoms with Gasteiger partial charge in [-0.05, 0) is 90.8 Å². The van der Waals surface area contributed by atoms with E-state index in [1.807, 2.05) is 48.5 Å². The third-order valence-corrected chi connectivity index (χ3v) is 8.39. The minimum atomic E-state index is -1.24. The fraction of sp³-hybridized carbons (Fsp3) is 0.341. The molecule has 0 unspecified atom stereocenters. The largest absolute Gasteiger partial charge is 0.480 e. The molecule has 0 radical (unpaired) electrons. The minimum absolute atomic E-state index is 0.0133. The number of amides is 4. The van der Waals surface area contributed by atoms with Crippen molar-refractivity contribution in [3.8, 4) is 11.1 Å². The van der Waals surface area contributed by atoms with Gasteiger partial charge in [-0.3, -0.25) is 14.4 Å². The molecule has 5 N–H and O–H groups in total. The van der Waals surface area contributed by atoms with Crippen molar-refractivity contribution in [1.82, 2.24) is 21.3 Å². The Kier molecular flexibility index (Phi) is 13.5. The van der Waals surface area contributed by atoms with Crippen LogP contribution in [-0.2, 0) is 30.3 Å². The van der Waals surface area contributed by atoms with Gasteiger partial charge in [0.15, 0.2) is 0 Å². The Labute approximate surface area is 304 Å². The van der Waals surface area contributed by atoms with Gasteiger partial charge in [-0.2, -0.15) is 0 Å². The molecule has 0 saturated carbocycles. The van der Waals surface area contributed by atoms with E-state index in [9.17, 15) is 29.1 Å². The van der Waals surface area contributed by atoms with Crippen molar-refractivity contribution in [2.75, 3.05) is 6.54 Å². The summed E-state index contributed by atoms with van der Waals surface area (Å²) in [6, 6.07) is 23.1. The van der Waals surface area contributed by atoms with Crippen LogP contribution in [0.5, 0.6) is 0 Å². The topological polar surface area (TPSA) is 163 Å². The summed E-state index contributed by atoms with van der Waals surface area (Å²) in [4.78, 5) is 63.1. The lowest BCUT2D eigenvalue weighted by Crippen LogP contribution is -2.56. The van der Waals surface area contributed by atoms with Crippen molar-refractivity contribution < 1.29 is 33.8 Å². The number of carbonyl (C=O) groups is 5. The standard InChI is InChI=1S/C41H48N4O7/c1-6-13-34(39(49)50)45-37(47)33(18-11-12-23-42-40(51)52-41(3,4)5)44-38(48)35(43-26(2)46)24-27-19-21-28(22-20-27)36-31-16-9-7-14-29(31)25-30-15-8-10-17-32(30)36/h6-10,14-17,19-22,25,33-35H,1,11-13,18,23-24H2,2-5H3,(H,42,51)(H,43,46)(H,44,48)(H,45,47)(H,49,50)/t33-,34-,35-/m0/s1. The predicted octanol–water partition coefficient (Wildman–Crippen LogP) is 6.03. The highest BCUT2D eigenvalue weighted by atomic mass is 16.6. The molecule has 11 heteroatoms. The monoisotopic (exact) mass is 708 g/mol. The second kappa shape index (κ2) is 18.0. The number of hydrogen-bond acceptors (Lipinski definition) is 6. The van der Waals surface area contributed by atoms with Crippen LogP contribution in [0.2, 0.25) is 0 Å². The number of aliphatic carboxylic acids is 1. The maximum absolute atomic E-state index is 13.7. The first kappa shape index (κ1) is 39.1. The van der Waals surface area contributed by atoms with E-state index in [1.165, 1.54) is 13.0 Å². The number of carboxylic acids is 1. The average molecular weight is 709 g/mol. The quantitative estimate of drug-likeness (QED) is 0.0539. The van der Waals surface area contributed by atoms with Crippen molar-refractivity contribution in [2.24, 2.45) is 0 Å². The van der Waals surface area contributed by atoms with E-state index in [2.05, 4.69) is 58.2 Å². The molecule has 4 aromatic carbocycles. The molecular formula is C41H48N4O7. The Balaban J connectivity index is 1.51. The highest BCUT2D eigenvalue weighted by Gasteiger charge is 2.29. The molecule has 0 aliphatic carbocycles. The Morgan fingerprint density at radius 3 is 1.92 bits per heavy atom. The summed E-state index contributed by atoms with van der Waals surface area (Å²) in [5.41, 5.74) is 2.24. The van der Waals surface area contributed by atoms with E-state index in [1.54, 1.807) is 20.8 Å². The van der Waals surface area contributed by atoms with Crippen LogP contribution in [0.3, 0.4) is 0 Å². The Morgan fingerprint density at radius 2 is 1.37 bits per heavy atom. The van der Waals surface area contributed by atoms with Gasteiger partial charge < -0.3 is 31.1 Å². The first-order valence-electron chi connectivity index (χ1n) is 17.4. The molecule has 274 valence electrons. The summed E-state index contributed by atoms with van der Waals surface area (Å²) in [6.07, 6.45) is 1.96. The zero-order chi connectivity index (χ0) is 37.8. The summed E-state index contributed by atoms with van der Waals surface area (Å²) in [5.74, 6) is -2.95. The molecule has 0 aliphatic rings. The van der Waals surface area contributed by atoms with Crippen molar-refractivity contribution in [3.05, 3.63) is 97.1 Å². The third-order valence-electron chi connectivity index (χ3n) is 8.39. The van der Waals surface area contributed by atoms with Crippen LogP contribution in [0.4, 0.5) is 4.79 Å². The number of benzene rings is 4. The van der Waals surface area contributed by atoms with E-state index in [4.69, 9.17) is 4.74 Å². The fourth-order valence-electron chi connectivity index (χ4n) is 6.00. The van der Waals surface area contributed by atoms with Crippen LogP contribution in [0.1, 0.15) is 58.9 Å². The Hall–Kier alpha value is -5.71. The molecule has 52 heavy (non-hydrogen) atoms. The highest BCUT2D eigenvalue weighted by molar-refractivity contribution is 6.12. The SMILES string of the molecule is C=CC[C@H](NC(=O)[C@H](CCCCNC(=O)OC(C)(C)C)NC(=O)[C@H](Cc1ccc(-c2c3ccccc3cc3ccccc23)cc1)NC(C)=O)C(=O)O. The molecule has 4 rings (SSSR count). The molecular weight excluding hydrogens is 660 g/mol. The van der Waals surface area contributed by atoms with Crippen LogP contribution >= 0.6 is 0 Å². The second-order valence-electron chi connectivity index (χ2n) is 13.8. The number of unbranched alkanes of at least 4 members (excludes halogenated alkanes) is 1. The second-order valence-corrected chi connectivity index (χ2v) is 13.8. The van der Waals surface area contributed by atoms with Gasteiger partial charge in [-0.15, -0.1) is 6.58 Å². The Bertz CT molecular complexity index is 1860. The maximum atomic E-state index is 13.7. The first-order chi connectivity index (χ1) is 24.8. The Morgan fingerprint density at radius 1 is 0.788 bits per heavy atom. The summed E-state index contributed by atoms with van der Waals surface area (Å²) >= 11 is 0. The number of hydrogen-bond donors (Lipinski definition) is 5. The first-order valence-corrected chi connectivity index (χ1v) is 17.4. The number of carbonyl (C=O) groups excluding carboxylic acids is 4. The van der Waals surface area contributed by atoms with E-state index < -0.39 is 53.5 Å². The molecule has 11 nitrogen and oxygen atoms in total. The van der Waals surface area contributed by atoms with Crippen LogP contribution in [0, 0.1) is 0 Å². The molecule has 3 atom stereocenters. The lowest BCUT2D eigenvalue weighted by molar-refractivity contribution is -0.142. The molecule has 4 amide bonds. The zero-order valence-electron chi connectivity index (χ0n) is 30.2. The molecule has 0 saturated heterocycles. The van der Waals surface area contributed by atoms with E-state index in [0.29, 0.717) is 12.8 Å². The summed E-state index contributed by atoms with van der Waals surface area (Å²) < 4.78 is 5.25. The van der Waals surface area contributed by atoms with Crippen molar-refractivity contribution >= 4 is 51.3 Å². The van der Waals surface area contributed by atoms with Crippen LogP contribution in [-0.4, -0.2) is 65.2 Å². The van der Waals surface area contributed by atoms with Crippen molar-refractivity contribution in [1.29, 1.82) is 0 Å². The van der Waals surface area contributed by atoms with Gasteiger partial charge in [-0.1, -0.05) is 78.9 Å². The molecule has 0 bridgehead atoms. The lowest BCUT2D eigenvalue weighted by Gasteiger charge is -2.24. The van der Waals surface area contributed by atoms with Gasteiger partial charge >= 0.3 is 12.1 Å². The average Bonchev–Trinajstić information content (AvgIpc) is 3.08. The van der Waals surface area contributed by atoms with Gasteiger partial charge in [0.25, 0.3) is 0 Å². The minimum Gasteiger partial charge on any atom is -0.480 e. The van der Waals surface area contributed by atoms with E-state index in [0.717, 1.165) is 38.2 Å². The van der Waals surface area contributed by atoms with Gasteiger partial charge in [0.1, 0.15) is 23.7 Å². The fourth-order valence-corrected chi connectivity index (χ4v) is 6.00. The molecule has 0 spiro atoms. The lowest BCUT2D eigenvalue weighted by atomic mass is 9.91. The van der Waals surface area contributed by atoms with Gasteiger partial charge in [-0.25, -0.2) is 9.59 Å². The number of nitrogens with one attached hydrogen (secondary N) is 4. The zero-order valence-corrected chi connectivity index (χ0v) is 30.2. The summed E-state index contributed by atoms with van der Waals surface area (Å²) in [7, 11) is 0. The molecule has 4 aromatic rings. The van der Waals surface area contributed by atoms with Gasteiger partial charge in [0.05, 0.1) is 0 Å². The number of rotatable bonds is 16. The number of alkyl carbamates (subject to hydrolysis) is 1. The van der Waals surface area contributed by atoms with Gasteiger partial charge in [0, 0.05) is 19.9 Å². The number of fused-ring (bicyclic) bond motifs is 2. The molecule has 0 heterocycles. The van der Waals surface area contributed by atoms with Crippen LogP contribution < -0.4 is 21.3 Å². The molecule has 0 aliphatic heterocycles. The normalized spacial score (nSPS) is 13.0. The maximum Gasteiger partial charge on any atom is 0.407 e. The third kappa shape index (κ3) is 11.1. The number of carboxylic acid groups (broad SMARTS) is 1. The predicted molar refractivity (Wildman–Crippen MR) is 203 cm³/mol. The van der Waals surface area contributed by atoms with Crippen LogP contribution in [0.15, 0.2) is 91.5 Å². The van der Waals surface area contributed by atoms with Crippen molar-refractivity contribution in [3.63, 3.8) is 0 Å².